The molecule has 2 fully saturated rings. The summed E-state index contributed by atoms with van der Waals surface area (Å²) in [7, 11) is 0. The van der Waals surface area contributed by atoms with E-state index in [2.05, 4.69) is 24.7 Å². The van der Waals surface area contributed by atoms with Gasteiger partial charge >= 0.3 is 0 Å². The first kappa shape index (κ1) is 25.0. The third kappa shape index (κ3) is 6.24. The summed E-state index contributed by atoms with van der Waals surface area (Å²) in [5.74, 6) is 0.915. The highest BCUT2D eigenvalue weighted by molar-refractivity contribution is 14.0. The first-order valence-electron chi connectivity index (χ1n) is 11.0. The lowest BCUT2D eigenvalue weighted by Crippen LogP contribution is -2.51. The molecule has 0 spiro atoms. The van der Waals surface area contributed by atoms with Crippen molar-refractivity contribution in [2.24, 2.45) is 22.4 Å². The number of aliphatic imine (C=N–C) groups is 1. The molecule has 10 heteroatoms. The van der Waals surface area contributed by atoms with Gasteiger partial charge in [0.15, 0.2) is 5.96 Å². The normalized spacial score (nSPS) is 17.6. The number of hydrogen-bond acceptors (Lipinski definition) is 5. The molecule has 1 aromatic carbocycles. The number of carbonyl (C=O) groups excluding carboxylic acids is 1. The number of nitrogens with zero attached hydrogens (tertiary/aromatic N) is 5. The van der Waals surface area contributed by atoms with Crippen molar-refractivity contribution in [3.05, 3.63) is 54.0 Å². The van der Waals surface area contributed by atoms with E-state index in [-0.39, 0.29) is 41.6 Å². The molecule has 2 aliphatic rings. The maximum atomic E-state index is 13.2. The average Bonchev–Trinajstić information content (AvgIpc) is 2.83. The van der Waals surface area contributed by atoms with E-state index in [1.165, 1.54) is 12.1 Å². The van der Waals surface area contributed by atoms with Crippen LogP contribution in [0.4, 0.5) is 15.9 Å². The zero-order valence-electron chi connectivity index (χ0n) is 18.6. The number of rotatable bonds is 5. The van der Waals surface area contributed by atoms with Gasteiger partial charge in [-0.25, -0.2) is 14.4 Å². The van der Waals surface area contributed by atoms with Gasteiger partial charge in [0.05, 0.1) is 6.54 Å². The topological polar surface area (TPSA) is 104 Å². The number of piperazine rings is 1. The first-order valence-corrected chi connectivity index (χ1v) is 11.0. The summed E-state index contributed by atoms with van der Waals surface area (Å²) < 4.78 is 13.2. The van der Waals surface area contributed by atoms with Gasteiger partial charge < -0.3 is 26.2 Å². The summed E-state index contributed by atoms with van der Waals surface area (Å²) in [5, 5.41) is 0. The highest BCUT2D eigenvalue weighted by Crippen LogP contribution is 2.25. The average molecular weight is 567 g/mol. The summed E-state index contributed by atoms with van der Waals surface area (Å²) in [4.78, 5) is 27.1. The Bertz CT molecular complexity index is 956. The van der Waals surface area contributed by atoms with E-state index in [0.29, 0.717) is 12.5 Å². The number of guanidine groups is 1. The number of nitrogens with two attached hydrogens (primary N) is 2. The van der Waals surface area contributed by atoms with Gasteiger partial charge in [-0.2, -0.15) is 0 Å². The van der Waals surface area contributed by atoms with E-state index in [1.807, 2.05) is 12.1 Å². The van der Waals surface area contributed by atoms with Gasteiger partial charge in [-0.05, 0) is 43.2 Å². The van der Waals surface area contributed by atoms with Crippen LogP contribution in [-0.2, 0) is 11.3 Å². The van der Waals surface area contributed by atoms with Crippen LogP contribution in [0.1, 0.15) is 18.4 Å². The Balaban J connectivity index is 0.00000306. The van der Waals surface area contributed by atoms with Crippen LogP contribution in [0.3, 0.4) is 0 Å². The van der Waals surface area contributed by atoms with Gasteiger partial charge in [-0.3, -0.25) is 4.79 Å². The molecular weight excluding hydrogens is 536 g/mol. The Morgan fingerprint density at radius 2 is 1.67 bits per heavy atom. The standard InChI is InChI=1S/C23H30FN7O.HI/c24-19-3-5-20(6-4-19)29-12-14-31(15-13-29)23(26)28-16-18-2-1-9-27-22(18)30-10-7-17(8-11-30)21(25)32;/h1-6,9,17H,7-8,10-16H2,(H2,25,32)(H2,26,28);1H. The fourth-order valence-electron chi connectivity index (χ4n) is 4.33. The molecule has 2 saturated heterocycles. The molecule has 178 valence electrons. The number of benzene rings is 1. The molecular formula is C23H31FIN7O. The summed E-state index contributed by atoms with van der Waals surface area (Å²) >= 11 is 0. The Hall–Kier alpha value is -2.63. The maximum absolute atomic E-state index is 13.2. The second-order valence-corrected chi connectivity index (χ2v) is 8.27. The molecule has 0 bridgehead atoms. The third-order valence-corrected chi connectivity index (χ3v) is 6.27. The number of amides is 1. The molecule has 0 atom stereocenters. The number of piperidine rings is 1. The molecule has 0 aliphatic carbocycles. The molecule has 4 rings (SSSR count). The van der Waals surface area contributed by atoms with E-state index in [4.69, 9.17) is 11.5 Å². The lowest BCUT2D eigenvalue weighted by Gasteiger charge is -2.36. The number of primary amides is 1. The van der Waals surface area contributed by atoms with E-state index >= 15 is 0 Å². The number of halogens is 2. The Morgan fingerprint density at radius 1 is 1.00 bits per heavy atom. The van der Waals surface area contributed by atoms with Crippen LogP contribution in [-0.4, -0.2) is 61.0 Å². The van der Waals surface area contributed by atoms with Crippen LogP contribution in [0.2, 0.25) is 0 Å². The molecule has 8 nitrogen and oxygen atoms in total. The highest BCUT2D eigenvalue weighted by Gasteiger charge is 2.25. The van der Waals surface area contributed by atoms with Gasteiger partial charge in [0.25, 0.3) is 0 Å². The Labute approximate surface area is 210 Å². The van der Waals surface area contributed by atoms with Gasteiger partial charge in [-0.1, -0.05) is 6.07 Å². The maximum Gasteiger partial charge on any atom is 0.220 e. The smallest absolute Gasteiger partial charge is 0.220 e. The van der Waals surface area contributed by atoms with Gasteiger partial charge in [0, 0.05) is 62.6 Å². The predicted octanol–water partition coefficient (Wildman–Crippen LogP) is 2.18. The monoisotopic (exact) mass is 567 g/mol. The van der Waals surface area contributed by atoms with Crippen molar-refractivity contribution >= 4 is 47.3 Å². The molecule has 3 heterocycles. The Kier molecular flexibility index (Phi) is 8.70. The van der Waals surface area contributed by atoms with Crippen molar-refractivity contribution in [1.29, 1.82) is 0 Å². The predicted molar refractivity (Wildman–Crippen MR) is 139 cm³/mol. The minimum Gasteiger partial charge on any atom is -0.370 e. The number of aromatic nitrogens is 1. The van der Waals surface area contributed by atoms with Crippen molar-refractivity contribution in [1.82, 2.24) is 9.88 Å². The lowest BCUT2D eigenvalue weighted by molar-refractivity contribution is -0.122. The van der Waals surface area contributed by atoms with E-state index < -0.39 is 0 Å². The van der Waals surface area contributed by atoms with Crippen LogP contribution in [0.25, 0.3) is 0 Å². The van der Waals surface area contributed by atoms with Crippen molar-refractivity contribution < 1.29 is 9.18 Å². The summed E-state index contributed by atoms with van der Waals surface area (Å²) in [6.45, 7) is 5.07. The van der Waals surface area contributed by atoms with Crippen molar-refractivity contribution in [2.75, 3.05) is 49.1 Å². The van der Waals surface area contributed by atoms with E-state index in [1.54, 1.807) is 18.3 Å². The van der Waals surface area contributed by atoms with Crippen LogP contribution in [0.5, 0.6) is 0 Å². The SMILES string of the molecule is I.NC(=O)C1CCN(c2ncccc2CN=C(N)N2CCN(c3ccc(F)cc3)CC2)CC1. The Morgan fingerprint density at radius 3 is 2.30 bits per heavy atom. The minimum absolute atomic E-state index is 0. The van der Waals surface area contributed by atoms with Gasteiger partial charge in [-0.15, -0.1) is 24.0 Å². The second-order valence-electron chi connectivity index (χ2n) is 8.27. The van der Waals surface area contributed by atoms with Crippen LogP contribution in [0.15, 0.2) is 47.6 Å². The number of hydrogen-bond donors (Lipinski definition) is 2. The molecule has 1 amide bonds. The van der Waals surface area contributed by atoms with Gasteiger partial charge in [0.1, 0.15) is 11.6 Å². The zero-order chi connectivity index (χ0) is 22.5. The van der Waals surface area contributed by atoms with Crippen molar-refractivity contribution in [3.63, 3.8) is 0 Å². The molecule has 2 aliphatic heterocycles. The molecule has 0 unspecified atom stereocenters. The lowest BCUT2D eigenvalue weighted by atomic mass is 9.96. The second kappa shape index (κ2) is 11.5. The minimum atomic E-state index is -0.226. The summed E-state index contributed by atoms with van der Waals surface area (Å²) in [6.07, 6.45) is 3.27. The van der Waals surface area contributed by atoms with Crippen LogP contribution < -0.4 is 21.3 Å². The van der Waals surface area contributed by atoms with E-state index in [9.17, 15) is 9.18 Å². The van der Waals surface area contributed by atoms with Gasteiger partial charge in [0.2, 0.25) is 5.91 Å². The molecule has 2 aromatic rings. The highest BCUT2D eigenvalue weighted by atomic mass is 127. The third-order valence-electron chi connectivity index (χ3n) is 6.27. The first-order chi connectivity index (χ1) is 15.5. The molecule has 0 radical (unpaired) electrons. The summed E-state index contributed by atoms with van der Waals surface area (Å²) in [5.41, 5.74) is 13.8. The van der Waals surface area contributed by atoms with Crippen molar-refractivity contribution in [3.8, 4) is 0 Å². The van der Waals surface area contributed by atoms with Crippen LogP contribution in [0, 0.1) is 11.7 Å². The fraction of sp³-hybridized carbons (Fsp3) is 0.435. The molecule has 1 aromatic heterocycles. The number of carbonyl (C=O) groups is 1. The van der Waals surface area contributed by atoms with E-state index in [0.717, 1.165) is 69.2 Å². The molecule has 4 N–H and O–H groups in total. The molecule has 0 saturated carbocycles. The summed E-state index contributed by atoms with van der Waals surface area (Å²) in [6, 6.07) is 10.5. The number of anilines is 2. The van der Waals surface area contributed by atoms with Crippen molar-refractivity contribution in [2.45, 2.75) is 19.4 Å². The molecule has 33 heavy (non-hydrogen) atoms. The number of pyridine rings is 1. The fourth-order valence-corrected chi connectivity index (χ4v) is 4.33. The quantitative estimate of drug-likeness (QED) is 0.326. The largest absolute Gasteiger partial charge is 0.370 e. The van der Waals surface area contributed by atoms with Crippen LogP contribution >= 0.6 is 24.0 Å². The zero-order valence-corrected chi connectivity index (χ0v) is 20.9.